The predicted octanol–water partition coefficient (Wildman–Crippen LogP) is -0.0691. The van der Waals surface area contributed by atoms with Gasteiger partial charge in [0.05, 0.1) is 0 Å². The van der Waals surface area contributed by atoms with E-state index in [0.29, 0.717) is 0 Å². The van der Waals surface area contributed by atoms with E-state index in [1.165, 1.54) is 0 Å². The van der Waals surface area contributed by atoms with Crippen LogP contribution in [0.25, 0.3) is 0 Å². The van der Waals surface area contributed by atoms with Crippen LogP contribution in [0.4, 0.5) is 0 Å². The van der Waals surface area contributed by atoms with Crippen molar-refractivity contribution in [1.29, 1.82) is 0 Å². The highest BCUT2D eigenvalue weighted by Crippen LogP contribution is 1.92. The minimum absolute atomic E-state index is 0. The molecule has 6 nitrogen and oxygen atoms in total. The summed E-state index contributed by atoms with van der Waals surface area (Å²) in [6.07, 6.45) is -2.10. The Kier molecular flexibility index (Phi) is 10.5. The van der Waals surface area contributed by atoms with Gasteiger partial charge < -0.3 is 14.9 Å². The monoisotopic (exact) mass is 234 g/mol. The standard InChI is InChI=1S/C5H6O6.2ClH/c1-2(6)11-3(4(7)8)5(9)10;;/h3H,1H3,(H,7,8)(H,9,10);2*1H. The Bertz CT molecular complexity index is 189. The lowest BCUT2D eigenvalue weighted by Gasteiger charge is -2.05. The van der Waals surface area contributed by atoms with Crippen molar-refractivity contribution >= 4 is 42.7 Å². The molecule has 8 heteroatoms. The molecule has 0 bridgehead atoms. The third-order valence-corrected chi connectivity index (χ3v) is 0.732. The summed E-state index contributed by atoms with van der Waals surface area (Å²) in [5.41, 5.74) is 0. The van der Waals surface area contributed by atoms with Gasteiger partial charge in [-0.15, -0.1) is 24.8 Å². The molecule has 0 heterocycles. The molecule has 0 spiro atoms. The number of carbonyl (C=O) groups excluding carboxylic acids is 1. The van der Waals surface area contributed by atoms with E-state index < -0.39 is 24.0 Å². The summed E-state index contributed by atoms with van der Waals surface area (Å²) >= 11 is 0. The summed E-state index contributed by atoms with van der Waals surface area (Å²) in [4.78, 5) is 30.2. The number of carboxylic acid groups (broad SMARTS) is 2. The quantitative estimate of drug-likeness (QED) is 0.524. The topological polar surface area (TPSA) is 101 Å². The molecule has 13 heavy (non-hydrogen) atoms. The minimum Gasteiger partial charge on any atom is -0.478 e. The Labute approximate surface area is 85.7 Å². The molecule has 0 radical (unpaired) electrons. The van der Waals surface area contributed by atoms with Crippen molar-refractivity contribution in [3.8, 4) is 0 Å². The maximum atomic E-state index is 10.1. The summed E-state index contributed by atoms with van der Waals surface area (Å²) in [5.74, 6) is -4.35. The molecule has 0 rings (SSSR count). The number of esters is 1. The third-order valence-electron chi connectivity index (χ3n) is 0.732. The second kappa shape index (κ2) is 7.63. The van der Waals surface area contributed by atoms with Crippen LogP contribution in [0.5, 0.6) is 0 Å². The van der Waals surface area contributed by atoms with Crippen molar-refractivity contribution in [2.45, 2.75) is 13.0 Å². The maximum Gasteiger partial charge on any atom is 0.356 e. The molecule has 0 aromatic heterocycles. The molecule has 0 saturated heterocycles. The summed E-state index contributed by atoms with van der Waals surface area (Å²) in [5, 5.41) is 16.3. The number of hydrogen-bond donors (Lipinski definition) is 2. The highest BCUT2D eigenvalue weighted by atomic mass is 35.5. The molecule has 0 unspecified atom stereocenters. The van der Waals surface area contributed by atoms with E-state index >= 15 is 0 Å². The number of halogens is 2. The van der Waals surface area contributed by atoms with Gasteiger partial charge in [-0.05, 0) is 0 Å². The van der Waals surface area contributed by atoms with Gasteiger partial charge in [-0.2, -0.15) is 0 Å². The van der Waals surface area contributed by atoms with Crippen LogP contribution in [0, 0.1) is 0 Å². The van der Waals surface area contributed by atoms with E-state index in [4.69, 9.17) is 10.2 Å². The Morgan fingerprint density at radius 3 is 1.46 bits per heavy atom. The zero-order valence-corrected chi connectivity index (χ0v) is 8.05. The first-order valence-electron chi connectivity index (χ1n) is 2.58. The van der Waals surface area contributed by atoms with Gasteiger partial charge in [0.25, 0.3) is 6.10 Å². The van der Waals surface area contributed by atoms with Crippen LogP contribution in [0.3, 0.4) is 0 Å². The Morgan fingerprint density at radius 2 is 1.38 bits per heavy atom. The molecule has 0 atom stereocenters. The van der Waals surface area contributed by atoms with Gasteiger partial charge >= 0.3 is 17.9 Å². The number of aliphatic carboxylic acids is 2. The summed E-state index contributed by atoms with van der Waals surface area (Å²) in [7, 11) is 0. The average Bonchev–Trinajstić information content (AvgIpc) is 1.81. The number of ether oxygens (including phenoxy) is 1. The smallest absolute Gasteiger partial charge is 0.356 e. The van der Waals surface area contributed by atoms with Crippen LogP contribution in [0.2, 0.25) is 0 Å². The predicted molar refractivity (Wildman–Crippen MR) is 45.3 cm³/mol. The number of hydrogen-bond acceptors (Lipinski definition) is 4. The Balaban J connectivity index is -0.000000500. The zero-order chi connectivity index (χ0) is 9.02. The van der Waals surface area contributed by atoms with Gasteiger partial charge in [0, 0.05) is 6.92 Å². The average molecular weight is 235 g/mol. The lowest BCUT2D eigenvalue weighted by atomic mass is 10.4. The summed E-state index contributed by atoms with van der Waals surface area (Å²) < 4.78 is 3.94. The molecule has 0 aromatic rings. The summed E-state index contributed by atoms with van der Waals surface area (Å²) in [6.45, 7) is 0.929. The van der Waals surface area contributed by atoms with Gasteiger partial charge in [-0.3, -0.25) is 4.79 Å². The number of rotatable bonds is 3. The van der Waals surface area contributed by atoms with E-state index in [1.807, 2.05) is 0 Å². The molecule has 2 N–H and O–H groups in total. The molecule has 0 aliphatic rings. The van der Waals surface area contributed by atoms with Crippen LogP contribution in [-0.2, 0) is 19.1 Å². The first-order valence-corrected chi connectivity index (χ1v) is 2.58. The molecule has 78 valence electrons. The first kappa shape index (κ1) is 17.9. The SMILES string of the molecule is CC(=O)OC(C(=O)O)C(=O)O.Cl.Cl. The molecule has 0 aliphatic carbocycles. The van der Waals surface area contributed by atoms with Crippen molar-refractivity contribution in [3.63, 3.8) is 0 Å². The van der Waals surface area contributed by atoms with Gasteiger partial charge in [-0.1, -0.05) is 0 Å². The van der Waals surface area contributed by atoms with Gasteiger partial charge in [-0.25, -0.2) is 9.59 Å². The van der Waals surface area contributed by atoms with Crippen LogP contribution in [-0.4, -0.2) is 34.2 Å². The lowest BCUT2D eigenvalue weighted by Crippen LogP contribution is -2.33. The van der Waals surface area contributed by atoms with Crippen molar-refractivity contribution in [2.24, 2.45) is 0 Å². The molecular weight excluding hydrogens is 227 g/mol. The second-order valence-electron chi connectivity index (χ2n) is 1.67. The fourth-order valence-corrected chi connectivity index (χ4v) is 0.372. The van der Waals surface area contributed by atoms with E-state index in [0.717, 1.165) is 6.92 Å². The second-order valence-corrected chi connectivity index (χ2v) is 1.67. The fraction of sp³-hybridized carbons (Fsp3) is 0.400. The third kappa shape index (κ3) is 7.35. The van der Waals surface area contributed by atoms with E-state index in [2.05, 4.69) is 4.74 Å². The minimum atomic E-state index is -2.10. The van der Waals surface area contributed by atoms with Crippen molar-refractivity contribution in [2.75, 3.05) is 0 Å². The van der Waals surface area contributed by atoms with Crippen molar-refractivity contribution < 1.29 is 29.3 Å². The number of carboxylic acids is 2. The van der Waals surface area contributed by atoms with Crippen LogP contribution in [0.1, 0.15) is 6.92 Å². The first-order chi connectivity index (χ1) is 4.95. The van der Waals surface area contributed by atoms with Gasteiger partial charge in [0.15, 0.2) is 0 Å². The molecule has 0 aliphatic heterocycles. The Hall–Kier alpha value is -1.01. The van der Waals surface area contributed by atoms with Crippen LogP contribution < -0.4 is 0 Å². The largest absolute Gasteiger partial charge is 0.478 e. The normalized spacial score (nSPS) is 7.85. The summed E-state index contributed by atoms with van der Waals surface area (Å²) in [6, 6.07) is 0. The van der Waals surface area contributed by atoms with Gasteiger partial charge in [0.1, 0.15) is 0 Å². The fourth-order valence-electron chi connectivity index (χ4n) is 0.372. The molecule has 0 saturated carbocycles. The molecule has 0 amide bonds. The van der Waals surface area contributed by atoms with Crippen molar-refractivity contribution in [1.82, 2.24) is 0 Å². The lowest BCUT2D eigenvalue weighted by molar-refractivity contribution is -0.173. The maximum absolute atomic E-state index is 10.1. The molecular formula is C5H8Cl2O6. The zero-order valence-electron chi connectivity index (χ0n) is 6.42. The highest BCUT2D eigenvalue weighted by molar-refractivity contribution is 5.97. The molecule has 0 aromatic carbocycles. The number of carbonyl (C=O) groups is 3. The highest BCUT2D eigenvalue weighted by Gasteiger charge is 2.28. The van der Waals surface area contributed by atoms with Crippen molar-refractivity contribution in [3.05, 3.63) is 0 Å². The molecule has 0 fully saturated rings. The van der Waals surface area contributed by atoms with Gasteiger partial charge in [0.2, 0.25) is 0 Å². The van der Waals surface area contributed by atoms with E-state index in [9.17, 15) is 14.4 Å². The Morgan fingerprint density at radius 1 is 1.08 bits per heavy atom. The van der Waals surface area contributed by atoms with Crippen LogP contribution in [0.15, 0.2) is 0 Å². The van der Waals surface area contributed by atoms with E-state index in [-0.39, 0.29) is 24.8 Å². The van der Waals surface area contributed by atoms with E-state index in [1.54, 1.807) is 0 Å². The van der Waals surface area contributed by atoms with Crippen LogP contribution >= 0.6 is 24.8 Å².